The highest BCUT2D eigenvalue weighted by Gasteiger charge is 2.54. The molecular formula is C40H38Br2. The third-order valence-electron chi connectivity index (χ3n) is 14.0. The first-order valence-corrected chi connectivity index (χ1v) is 18.6. The summed E-state index contributed by atoms with van der Waals surface area (Å²) in [4.78, 5) is 0. The largest absolute Gasteiger partial charge is 0.0610 e. The van der Waals surface area contributed by atoms with Gasteiger partial charge >= 0.3 is 0 Å². The monoisotopic (exact) mass is 676 g/mol. The van der Waals surface area contributed by atoms with Crippen LogP contribution >= 0.6 is 31.9 Å². The second-order valence-electron chi connectivity index (χ2n) is 16.4. The second kappa shape index (κ2) is 8.14. The van der Waals surface area contributed by atoms with Crippen LogP contribution in [0.25, 0.3) is 43.1 Å². The van der Waals surface area contributed by atoms with Gasteiger partial charge in [0.2, 0.25) is 0 Å². The van der Waals surface area contributed by atoms with Crippen LogP contribution in [0.3, 0.4) is 0 Å². The van der Waals surface area contributed by atoms with E-state index in [2.05, 4.69) is 80.4 Å². The van der Waals surface area contributed by atoms with Gasteiger partial charge in [0, 0.05) is 8.95 Å². The summed E-state index contributed by atoms with van der Waals surface area (Å²) < 4.78 is 2.64. The van der Waals surface area contributed by atoms with E-state index >= 15 is 0 Å². The van der Waals surface area contributed by atoms with E-state index in [1.807, 2.05) is 0 Å². The highest BCUT2D eigenvalue weighted by atomic mass is 79.9. The maximum Gasteiger partial charge on any atom is 0.0257 e. The minimum absolute atomic E-state index is 0.350. The first-order valence-electron chi connectivity index (χ1n) is 17.0. The molecule has 8 fully saturated rings. The Kier molecular flexibility index (Phi) is 4.78. The number of rotatable bonds is 2. The van der Waals surface area contributed by atoms with Gasteiger partial charge in [-0.05, 0) is 190 Å². The van der Waals surface area contributed by atoms with Crippen molar-refractivity contribution >= 4 is 74.9 Å². The van der Waals surface area contributed by atoms with Crippen LogP contribution in [0.1, 0.15) is 88.2 Å². The molecule has 0 amide bonds. The molecule has 0 aliphatic heterocycles. The van der Waals surface area contributed by atoms with Crippen LogP contribution < -0.4 is 0 Å². The number of halogens is 2. The lowest BCUT2D eigenvalue weighted by Gasteiger charge is -2.57. The molecule has 8 bridgehead atoms. The van der Waals surface area contributed by atoms with Crippen LogP contribution in [0, 0.1) is 35.5 Å². The van der Waals surface area contributed by atoms with E-state index in [0.717, 1.165) is 35.5 Å². The minimum atomic E-state index is 0.350. The molecule has 0 radical (unpaired) electrons. The molecule has 5 aromatic rings. The zero-order valence-corrected chi connectivity index (χ0v) is 27.5. The average Bonchev–Trinajstić information content (AvgIpc) is 2.95. The topological polar surface area (TPSA) is 0 Å². The van der Waals surface area contributed by atoms with E-state index in [9.17, 15) is 0 Å². The molecule has 8 aliphatic rings. The Morgan fingerprint density at radius 3 is 1.07 bits per heavy atom. The molecule has 0 saturated heterocycles. The van der Waals surface area contributed by atoms with Crippen LogP contribution in [0.2, 0.25) is 0 Å². The number of benzene rings is 5. The van der Waals surface area contributed by atoms with E-state index in [1.165, 1.54) is 108 Å². The Balaban J connectivity index is 1.30. The Hall–Kier alpha value is -1.64. The Morgan fingerprint density at radius 1 is 0.429 bits per heavy atom. The summed E-state index contributed by atoms with van der Waals surface area (Å²) in [5.74, 6) is 5.65. The highest BCUT2D eigenvalue weighted by molar-refractivity contribution is 9.11. The van der Waals surface area contributed by atoms with E-state index in [-0.39, 0.29) is 0 Å². The van der Waals surface area contributed by atoms with Crippen molar-refractivity contribution in [2.45, 2.75) is 87.9 Å². The SMILES string of the molecule is Brc1cc(C23CC4CC(CC(C4)C2)C3)c2c3cccc4c(Br)cc(C56CC7CC(CC(C7)C5)C6)c(c5cccc1c52)c43. The van der Waals surface area contributed by atoms with Crippen LogP contribution in [0.5, 0.6) is 0 Å². The molecule has 0 spiro atoms. The molecule has 0 nitrogen and oxygen atoms in total. The minimum Gasteiger partial charge on any atom is -0.0610 e. The smallest absolute Gasteiger partial charge is 0.0257 e. The third-order valence-corrected chi connectivity index (χ3v) is 15.3. The van der Waals surface area contributed by atoms with E-state index < -0.39 is 0 Å². The van der Waals surface area contributed by atoms with Crippen molar-refractivity contribution in [3.8, 4) is 0 Å². The number of hydrogen-bond donors (Lipinski definition) is 0. The summed E-state index contributed by atoms with van der Waals surface area (Å²) in [6, 6.07) is 19.7. The summed E-state index contributed by atoms with van der Waals surface area (Å²) in [5, 5.41) is 12.2. The Bertz CT molecular complexity index is 1760. The van der Waals surface area contributed by atoms with Gasteiger partial charge in [0.05, 0.1) is 0 Å². The molecule has 8 saturated carbocycles. The lowest BCUT2D eigenvalue weighted by atomic mass is 9.47. The molecule has 13 rings (SSSR count). The first-order chi connectivity index (χ1) is 20.5. The van der Waals surface area contributed by atoms with Gasteiger partial charge in [-0.25, -0.2) is 0 Å². The van der Waals surface area contributed by atoms with Gasteiger partial charge in [0.25, 0.3) is 0 Å². The molecule has 42 heavy (non-hydrogen) atoms. The lowest BCUT2D eigenvalue weighted by molar-refractivity contribution is -0.00465. The van der Waals surface area contributed by atoms with E-state index in [0.29, 0.717) is 10.8 Å². The van der Waals surface area contributed by atoms with Crippen molar-refractivity contribution in [3.63, 3.8) is 0 Å². The maximum absolute atomic E-state index is 4.18. The molecule has 0 atom stereocenters. The molecule has 212 valence electrons. The zero-order chi connectivity index (χ0) is 27.5. The van der Waals surface area contributed by atoms with Crippen molar-refractivity contribution in [1.29, 1.82) is 0 Å². The molecular weight excluding hydrogens is 640 g/mol. The summed E-state index contributed by atoms with van der Waals surface area (Å²) in [6.07, 6.45) is 17.4. The van der Waals surface area contributed by atoms with Crippen LogP contribution in [-0.2, 0) is 10.8 Å². The fraction of sp³-hybridized carbons (Fsp3) is 0.500. The van der Waals surface area contributed by atoms with Gasteiger partial charge in [-0.1, -0.05) is 68.3 Å². The predicted octanol–water partition coefficient (Wildman–Crippen LogP) is 12.2. The number of hydrogen-bond acceptors (Lipinski definition) is 0. The zero-order valence-electron chi connectivity index (χ0n) is 24.3. The standard InChI is InChI=1S/C40H38Br2/c41-33-13-32(40-18-24-10-25(19-40)12-26(11-24)20-40)38-30-6-2-4-28-34(42)14-31(37(36(28)30)29-5-1-3-27(33)35(29)38)39-15-21-7-22(16-39)9-23(8-21)17-39/h1-6,13-14,21-26H,7-12,15-20H2. The van der Waals surface area contributed by atoms with E-state index in [1.54, 1.807) is 32.7 Å². The normalized spacial score (nSPS) is 38.2. The second-order valence-corrected chi connectivity index (χ2v) is 18.1. The van der Waals surface area contributed by atoms with Crippen molar-refractivity contribution in [2.75, 3.05) is 0 Å². The fourth-order valence-electron chi connectivity index (χ4n) is 13.6. The Labute approximate surface area is 265 Å². The van der Waals surface area contributed by atoms with Crippen molar-refractivity contribution in [1.82, 2.24) is 0 Å². The average molecular weight is 679 g/mol. The summed E-state index contributed by atoms with van der Waals surface area (Å²) >= 11 is 8.36. The van der Waals surface area contributed by atoms with Crippen molar-refractivity contribution < 1.29 is 0 Å². The number of fused-ring (bicyclic) bond motifs is 2. The van der Waals surface area contributed by atoms with Crippen LogP contribution in [0.15, 0.2) is 57.5 Å². The summed E-state index contributed by atoms with van der Waals surface area (Å²) in [7, 11) is 0. The fourth-order valence-corrected chi connectivity index (χ4v) is 14.7. The molecule has 5 aromatic carbocycles. The van der Waals surface area contributed by atoms with Gasteiger partial charge in [0.1, 0.15) is 0 Å². The van der Waals surface area contributed by atoms with Crippen molar-refractivity contribution in [2.24, 2.45) is 35.5 Å². The molecule has 8 aliphatic carbocycles. The molecule has 0 aromatic heterocycles. The summed E-state index contributed by atoms with van der Waals surface area (Å²) in [5.41, 5.74) is 4.07. The Morgan fingerprint density at radius 2 is 0.738 bits per heavy atom. The molecule has 0 unspecified atom stereocenters. The predicted molar refractivity (Wildman–Crippen MR) is 183 cm³/mol. The van der Waals surface area contributed by atoms with Crippen LogP contribution in [-0.4, -0.2) is 0 Å². The maximum atomic E-state index is 4.18. The van der Waals surface area contributed by atoms with Gasteiger partial charge in [-0.2, -0.15) is 0 Å². The van der Waals surface area contributed by atoms with Crippen molar-refractivity contribution in [3.05, 3.63) is 68.6 Å². The van der Waals surface area contributed by atoms with Gasteiger partial charge in [0.15, 0.2) is 0 Å². The van der Waals surface area contributed by atoms with Gasteiger partial charge in [-0.15, -0.1) is 0 Å². The third kappa shape index (κ3) is 3.06. The van der Waals surface area contributed by atoms with Gasteiger partial charge in [-0.3, -0.25) is 0 Å². The lowest BCUT2D eigenvalue weighted by Crippen LogP contribution is -2.48. The molecule has 2 heteroatoms. The van der Waals surface area contributed by atoms with Crippen LogP contribution in [0.4, 0.5) is 0 Å². The molecule has 0 heterocycles. The summed E-state index contributed by atoms with van der Waals surface area (Å²) in [6.45, 7) is 0. The quantitative estimate of drug-likeness (QED) is 0.129. The molecule has 0 N–H and O–H groups in total. The van der Waals surface area contributed by atoms with Gasteiger partial charge < -0.3 is 0 Å². The highest BCUT2D eigenvalue weighted by Crippen LogP contribution is 2.65. The van der Waals surface area contributed by atoms with E-state index in [4.69, 9.17) is 0 Å². The first kappa shape index (κ1) is 24.7.